The average molecular weight is 341 g/mol. The zero-order chi connectivity index (χ0) is 16.5. The van der Waals surface area contributed by atoms with E-state index in [4.69, 9.17) is 5.10 Å². The van der Waals surface area contributed by atoms with Gasteiger partial charge in [0, 0.05) is 23.5 Å². The molecule has 4 heterocycles. The van der Waals surface area contributed by atoms with E-state index in [9.17, 15) is 0 Å². The number of rotatable bonds is 4. The molecule has 0 radical (unpaired) electrons. The molecule has 1 unspecified atom stereocenters. The Morgan fingerprint density at radius 1 is 1.21 bits per heavy atom. The first-order valence-corrected chi connectivity index (χ1v) is 9.68. The molecule has 3 aromatic rings. The first kappa shape index (κ1) is 15.6. The number of hydrogen-bond acceptors (Lipinski definition) is 5. The SMILES string of the molecule is CC(C)CC1CCCCN1c1ccc2nnc(-c3ccsc3)n2n1. The lowest BCUT2D eigenvalue weighted by Crippen LogP contribution is -2.41. The van der Waals surface area contributed by atoms with Gasteiger partial charge in [-0.05, 0) is 55.2 Å². The van der Waals surface area contributed by atoms with E-state index < -0.39 is 0 Å². The number of fused-ring (bicyclic) bond motifs is 1. The molecule has 1 fully saturated rings. The summed E-state index contributed by atoms with van der Waals surface area (Å²) in [5, 5.41) is 17.6. The van der Waals surface area contributed by atoms with Crippen LogP contribution in [0, 0.1) is 5.92 Å². The standard InChI is InChI=1S/C18H23N5S/c1-13(2)11-15-5-3-4-9-22(15)17-7-6-16-19-20-18(23(16)21-17)14-8-10-24-12-14/h6-8,10,12-13,15H,3-5,9,11H2,1-2H3. The molecule has 24 heavy (non-hydrogen) atoms. The molecule has 0 saturated carbocycles. The molecule has 6 heteroatoms. The Bertz CT molecular complexity index is 808. The van der Waals surface area contributed by atoms with Gasteiger partial charge in [0.25, 0.3) is 0 Å². The highest BCUT2D eigenvalue weighted by Crippen LogP contribution is 2.28. The number of thiophene rings is 1. The van der Waals surface area contributed by atoms with Crippen LogP contribution < -0.4 is 4.90 Å². The first-order valence-electron chi connectivity index (χ1n) is 8.74. The van der Waals surface area contributed by atoms with E-state index in [0.717, 1.165) is 29.4 Å². The summed E-state index contributed by atoms with van der Waals surface area (Å²) in [5.41, 5.74) is 1.88. The third-order valence-electron chi connectivity index (χ3n) is 4.69. The smallest absolute Gasteiger partial charge is 0.186 e. The van der Waals surface area contributed by atoms with Crippen LogP contribution in [0.25, 0.3) is 17.0 Å². The zero-order valence-electron chi connectivity index (χ0n) is 14.2. The predicted molar refractivity (Wildman–Crippen MR) is 98.5 cm³/mol. The number of aromatic nitrogens is 4. The van der Waals surface area contributed by atoms with Crippen molar-refractivity contribution in [2.24, 2.45) is 5.92 Å². The van der Waals surface area contributed by atoms with Gasteiger partial charge in [-0.1, -0.05) is 13.8 Å². The molecule has 1 saturated heterocycles. The van der Waals surface area contributed by atoms with Gasteiger partial charge in [-0.3, -0.25) is 0 Å². The number of anilines is 1. The highest BCUT2D eigenvalue weighted by Gasteiger charge is 2.25. The van der Waals surface area contributed by atoms with Gasteiger partial charge >= 0.3 is 0 Å². The molecule has 0 amide bonds. The summed E-state index contributed by atoms with van der Waals surface area (Å²) >= 11 is 1.67. The Hall–Kier alpha value is -1.95. The van der Waals surface area contributed by atoms with E-state index in [0.29, 0.717) is 12.0 Å². The third kappa shape index (κ3) is 2.90. The summed E-state index contributed by atoms with van der Waals surface area (Å²) in [4.78, 5) is 2.49. The second-order valence-electron chi connectivity index (χ2n) is 6.97. The van der Waals surface area contributed by atoms with Crippen LogP contribution in [-0.4, -0.2) is 32.4 Å². The maximum atomic E-state index is 4.89. The molecular formula is C18H23N5S. The van der Waals surface area contributed by atoms with Crippen molar-refractivity contribution in [2.75, 3.05) is 11.4 Å². The summed E-state index contributed by atoms with van der Waals surface area (Å²) in [5.74, 6) is 2.57. The largest absolute Gasteiger partial charge is 0.352 e. The minimum Gasteiger partial charge on any atom is -0.352 e. The van der Waals surface area contributed by atoms with Gasteiger partial charge in [-0.15, -0.1) is 15.3 Å². The van der Waals surface area contributed by atoms with E-state index in [-0.39, 0.29) is 0 Å². The van der Waals surface area contributed by atoms with Gasteiger partial charge in [0.05, 0.1) is 0 Å². The van der Waals surface area contributed by atoms with Crippen LogP contribution >= 0.6 is 11.3 Å². The molecule has 1 aliphatic rings. The van der Waals surface area contributed by atoms with Gasteiger partial charge in [-0.25, -0.2) is 0 Å². The quantitative estimate of drug-likeness (QED) is 0.711. The summed E-state index contributed by atoms with van der Waals surface area (Å²) in [6, 6.07) is 6.79. The third-order valence-corrected chi connectivity index (χ3v) is 5.38. The lowest BCUT2D eigenvalue weighted by atomic mass is 9.94. The molecule has 126 valence electrons. The molecule has 0 spiro atoms. The van der Waals surface area contributed by atoms with Crippen molar-refractivity contribution >= 4 is 22.8 Å². The van der Waals surface area contributed by atoms with Gasteiger partial charge in [0.2, 0.25) is 0 Å². The number of hydrogen-bond donors (Lipinski definition) is 0. The van der Waals surface area contributed by atoms with Crippen molar-refractivity contribution in [1.29, 1.82) is 0 Å². The maximum absolute atomic E-state index is 4.89. The number of nitrogens with zero attached hydrogens (tertiary/aromatic N) is 5. The van der Waals surface area contributed by atoms with Crippen molar-refractivity contribution in [1.82, 2.24) is 19.8 Å². The van der Waals surface area contributed by atoms with E-state index in [1.165, 1.54) is 25.7 Å². The van der Waals surface area contributed by atoms with Crippen molar-refractivity contribution in [3.05, 3.63) is 29.0 Å². The predicted octanol–water partition coefficient (Wildman–Crippen LogP) is 4.26. The molecular weight excluding hydrogens is 318 g/mol. The molecule has 0 N–H and O–H groups in total. The monoisotopic (exact) mass is 341 g/mol. The Morgan fingerprint density at radius 3 is 2.92 bits per heavy atom. The summed E-state index contributed by atoms with van der Waals surface area (Å²) in [6.45, 7) is 5.70. The lowest BCUT2D eigenvalue weighted by Gasteiger charge is -2.37. The van der Waals surface area contributed by atoms with E-state index >= 15 is 0 Å². The van der Waals surface area contributed by atoms with Crippen LogP contribution in [0.3, 0.4) is 0 Å². The summed E-state index contributed by atoms with van der Waals surface area (Å²) < 4.78 is 1.89. The minimum absolute atomic E-state index is 0.588. The van der Waals surface area contributed by atoms with Crippen molar-refractivity contribution < 1.29 is 0 Å². The lowest BCUT2D eigenvalue weighted by molar-refractivity contribution is 0.390. The molecule has 1 aliphatic heterocycles. The van der Waals surface area contributed by atoms with Gasteiger partial charge < -0.3 is 4.90 Å². The molecule has 0 aliphatic carbocycles. The second-order valence-corrected chi connectivity index (χ2v) is 7.75. The Labute approximate surface area is 146 Å². The first-order chi connectivity index (χ1) is 11.7. The zero-order valence-corrected chi connectivity index (χ0v) is 15.0. The average Bonchev–Trinajstić information content (AvgIpc) is 3.23. The molecule has 3 aromatic heterocycles. The molecule has 0 aromatic carbocycles. The number of piperidine rings is 1. The van der Waals surface area contributed by atoms with Crippen LogP contribution in [0.2, 0.25) is 0 Å². The van der Waals surface area contributed by atoms with Gasteiger partial charge in [-0.2, -0.15) is 15.9 Å². The maximum Gasteiger partial charge on any atom is 0.186 e. The summed E-state index contributed by atoms with van der Waals surface area (Å²) in [6.07, 6.45) is 5.05. The van der Waals surface area contributed by atoms with E-state index in [1.54, 1.807) is 11.3 Å². The van der Waals surface area contributed by atoms with Gasteiger partial charge in [0.15, 0.2) is 11.5 Å². The van der Waals surface area contributed by atoms with E-state index in [1.807, 2.05) is 10.6 Å². The second kappa shape index (κ2) is 6.51. The normalized spacial score (nSPS) is 18.6. The molecule has 0 bridgehead atoms. The Kier molecular flexibility index (Phi) is 4.22. The van der Waals surface area contributed by atoms with Crippen LogP contribution in [0.5, 0.6) is 0 Å². The summed E-state index contributed by atoms with van der Waals surface area (Å²) in [7, 11) is 0. The van der Waals surface area contributed by atoms with E-state index in [2.05, 4.69) is 51.8 Å². The van der Waals surface area contributed by atoms with Crippen LogP contribution in [0.1, 0.15) is 39.5 Å². The Balaban J connectivity index is 1.72. The highest BCUT2D eigenvalue weighted by atomic mass is 32.1. The van der Waals surface area contributed by atoms with Crippen molar-refractivity contribution in [2.45, 2.75) is 45.6 Å². The van der Waals surface area contributed by atoms with Crippen molar-refractivity contribution in [3.63, 3.8) is 0 Å². The fourth-order valence-electron chi connectivity index (χ4n) is 3.60. The Morgan fingerprint density at radius 2 is 2.12 bits per heavy atom. The topological polar surface area (TPSA) is 46.3 Å². The minimum atomic E-state index is 0.588. The van der Waals surface area contributed by atoms with Crippen molar-refractivity contribution in [3.8, 4) is 11.4 Å². The molecule has 1 atom stereocenters. The van der Waals surface area contributed by atoms with Crippen LogP contribution in [0.15, 0.2) is 29.0 Å². The fraction of sp³-hybridized carbons (Fsp3) is 0.500. The van der Waals surface area contributed by atoms with Gasteiger partial charge in [0.1, 0.15) is 5.82 Å². The fourth-order valence-corrected chi connectivity index (χ4v) is 4.23. The van der Waals surface area contributed by atoms with Crippen LogP contribution in [-0.2, 0) is 0 Å². The molecule has 5 nitrogen and oxygen atoms in total. The van der Waals surface area contributed by atoms with Crippen LogP contribution in [0.4, 0.5) is 5.82 Å². The molecule has 4 rings (SSSR count). The highest BCUT2D eigenvalue weighted by molar-refractivity contribution is 7.08.